The number of carbonyl (C=O) groups is 1. The van der Waals surface area contributed by atoms with Crippen molar-refractivity contribution in [2.45, 2.75) is 13.3 Å². The minimum absolute atomic E-state index is 0.0366. The molecule has 2 aromatic rings. The summed E-state index contributed by atoms with van der Waals surface area (Å²) in [5, 5.41) is 2.57. The lowest BCUT2D eigenvalue weighted by atomic mass is 10.1. The van der Waals surface area contributed by atoms with Gasteiger partial charge in [-0.2, -0.15) is 0 Å². The molecule has 0 aliphatic rings. The van der Waals surface area contributed by atoms with Crippen LogP contribution < -0.4 is 10.1 Å². The van der Waals surface area contributed by atoms with Gasteiger partial charge in [-0.1, -0.05) is 18.5 Å². The summed E-state index contributed by atoms with van der Waals surface area (Å²) in [6.07, 6.45) is 3.10. The Morgan fingerprint density at radius 2 is 2.14 bits per heavy atom. The molecule has 1 heterocycles. The van der Waals surface area contributed by atoms with Gasteiger partial charge < -0.3 is 10.1 Å². The number of halogens is 2. The van der Waals surface area contributed by atoms with Crippen molar-refractivity contribution in [3.05, 3.63) is 46.6 Å². The summed E-state index contributed by atoms with van der Waals surface area (Å²) in [6, 6.07) is 2.89. The lowest BCUT2D eigenvalue weighted by Gasteiger charge is -2.09. The molecule has 0 radical (unpaired) electrons. The van der Waals surface area contributed by atoms with E-state index in [9.17, 15) is 9.18 Å². The quantitative estimate of drug-likeness (QED) is 0.942. The topological polar surface area (TPSA) is 64.1 Å². The van der Waals surface area contributed by atoms with Crippen molar-refractivity contribution in [2.75, 3.05) is 12.4 Å². The average molecular weight is 310 g/mol. The van der Waals surface area contributed by atoms with Crippen molar-refractivity contribution >= 4 is 23.2 Å². The van der Waals surface area contributed by atoms with Gasteiger partial charge in [0.05, 0.1) is 24.5 Å². The van der Waals surface area contributed by atoms with E-state index in [1.165, 1.54) is 31.6 Å². The molecule has 0 fully saturated rings. The Hall–Kier alpha value is -2.21. The van der Waals surface area contributed by atoms with Crippen molar-refractivity contribution in [1.29, 1.82) is 0 Å². The summed E-state index contributed by atoms with van der Waals surface area (Å²) < 4.78 is 18.5. The number of hydrogen-bond acceptors (Lipinski definition) is 4. The summed E-state index contributed by atoms with van der Waals surface area (Å²) in [4.78, 5) is 19.8. The highest BCUT2D eigenvalue weighted by Crippen LogP contribution is 2.24. The number of amides is 1. The lowest BCUT2D eigenvalue weighted by molar-refractivity contribution is 0.102. The Morgan fingerprint density at radius 1 is 1.38 bits per heavy atom. The first kappa shape index (κ1) is 15.2. The van der Waals surface area contributed by atoms with Crippen molar-refractivity contribution in [3.8, 4) is 5.88 Å². The molecule has 21 heavy (non-hydrogen) atoms. The molecule has 0 saturated heterocycles. The first-order valence-corrected chi connectivity index (χ1v) is 6.58. The molecule has 0 aliphatic carbocycles. The third-order valence-electron chi connectivity index (χ3n) is 2.81. The molecule has 1 N–H and O–H groups in total. The summed E-state index contributed by atoms with van der Waals surface area (Å²) in [5.41, 5.74) is 0.953. The van der Waals surface area contributed by atoms with E-state index in [4.69, 9.17) is 16.3 Å². The number of anilines is 1. The van der Waals surface area contributed by atoms with Gasteiger partial charge >= 0.3 is 0 Å². The van der Waals surface area contributed by atoms with Crippen LogP contribution in [0.2, 0.25) is 5.02 Å². The minimum Gasteiger partial charge on any atom is -0.480 e. The van der Waals surface area contributed by atoms with Gasteiger partial charge in [-0.15, -0.1) is 0 Å². The highest BCUT2D eigenvalue weighted by atomic mass is 35.5. The molecular formula is C14H13ClFN3O2. The number of hydrogen-bond donors (Lipinski definition) is 1. The predicted molar refractivity (Wildman–Crippen MR) is 77.3 cm³/mol. The van der Waals surface area contributed by atoms with E-state index in [-0.39, 0.29) is 10.7 Å². The molecular weight excluding hydrogens is 297 g/mol. The minimum atomic E-state index is -0.471. The maximum absolute atomic E-state index is 13.6. The van der Waals surface area contributed by atoms with Gasteiger partial charge in [-0.3, -0.25) is 4.79 Å². The SMILES string of the molecule is CCc1cc(NC(=O)c2cnc(OC)cn2)cc(Cl)c1F. The molecule has 0 aliphatic heterocycles. The molecule has 0 saturated carbocycles. The smallest absolute Gasteiger partial charge is 0.275 e. The second kappa shape index (κ2) is 6.49. The second-order valence-corrected chi connectivity index (χ2v) is 4.59. The number of benzene rings is 1. The summed E-state index contributed by atoms with van der Waals surface area (Å²) >= 11 is 5.80. The molecule has 0 atom stereocenters. The van der Waals surface area contributed by atoms with Crippen LogP contribution in [-0.2, 0) is 6.42 Å². The second-order valence-electron chi connectivity index (χ2n) is 4.18. The van der Waals surface area contributed by atoms with Crippen LogP contribution in [0.5, 0.6) is 5.88 Å². The van der Waals surface area contributed by atoms with Crippen molar-refractivity contribution in [1.82, 2.24) is 9.97 Å². The maximum Gasteiger partial charge on any atom is 0.275 e. The summed E-state index contributed by atoms with van der Waals surface area (Å²) in [5.74, 6) is -0.624. The Balaban J connectivity index is 2.20. The van der Waals surface area contributed by atoms with Crippen LogP contribution >= 0.6 is 11.6 Å². The normalized spacial score (nSPS) is 10.3. The highest BCUT2D eigenvalue weighted by Gasteiger charge is 2.12. The molecule has 110 valence electrons. The van der Waals surface area contributed by atoms with Crippen LogP contribution in [0.25, 0.3) is 0 Å². The van der Waals surface area contributed by atoms with E-state index in [1.807, 2.05) is 0 Å². The highest BCUT2D eigenvalue weighted by molar-refractivity contribution is 6.31. The van der Waals surface area contributed by atoms with Crippen LogP contribution in [0.4, 0.5) is 10.1 Å². The zero-order valence-electron chi connectivity index (χ0n) is 11.5. The number of nitrogens with zero attached hydrogens (tertiary/aromatic N) is 2. The first-order chi connectivity index (χ1) is 10.0. The molecule has 1 aromatic carbocycles. The van der Waals surface area contributed by atoms with Gasteiger partial charge in [0.2, 0.25) is 5.88 Å². The lowest BCUT2D eigenvalue weighted by Crippen LogP contribution is -2.14. The fraction of sp³-hybridized carbons (Fsp3) is 0.214. The van der Waals surface area contributed by atoms with Crippen molar-refractivity contribution < 1.29 is 13.9 Å². The van der Waals surface area contributed by atoms with Gasteiger partial charge in [0.25, 0.3) is 5.91 Å². The molecule has 0 spiro atoms. The van der Waals surface area contributed by atoms with Crippen LogP contribution in [0.1, 0.15) is 23.0 Å². The zero-order chi connectivity index (χ0) is 15.4. The maximum atomic E-state index is 13.6. The van der Waals surface area contributed by atoms with Crippen molar-refractivity contribution in [3.63, 3.8) is 0 Å². The molecule has 7 heteroatoms. The van der Waals surface area contributed by atoms with Crippen LogP contribution in [-0.4, -0.2) is 23.0 Å². The monoisotopic (exact) mass is 309 g/mol. The van der Waals surface area contributed by atoms with E-state index < -0.39 is 11.7 Å². The fourth-order valence-corrected chi connectivity index (χ4v) is 1.95. The molecule has 0 bridgehead atoms. The van der Waals surface area contributed by atoms with Crippen molar-refractivity contribution in [2.24, 2.45) is 0 Å². The third-order valence-corrected chi connectivity index (χ3v) is 3.09. The fourth-order valence-electron chi connectivity index (χ4n) is 1.71. The Bertz CT molecular complexity index is 662. The van der Waals surface area contributed by atoms with Crippen LogP contribution in [0, 0.1) is 5.82 Å². The number of methoxy groups -OCH3 is 1. The van der Waals surface area contributed by atoms with E-state index in [1.54, 1.807) is 6.92 Å². The van der Waals surface area contributed by atoms with Crippen LogP contribution in [0.15, 0.2) is 24.5 Å². The molecule has 5 nitrogen and oxygen atoms in total. The largest absolute Gasteiger partial charge is 0.480 e. The van der Waals surface area contributed by atoms with E-state index >= 15 is 0 Å². The van der Waals surface area contributed by atoms with Gasteiger partial charge in [0.15, 0.2) is 0 Å². The Labute approximate surface area is 126 Å². The predicted octanol–water partition coefficient (Wildman–Crippen LogP) is 3.09. The van der Waals surface area contributed by atoms with Gasteiger partial charge in [0.1, 0.15) is 11.5 Å². The average Bonchev–Trinajstić information content (AvgIpc) is 2.50. The summed E-state index contributed by atoms with van der Waals surface area (Å²) in [7, 11) is 1.45. The van der Waals surface area contributed by atoms with E-state index in [0.29, 0.717) is 23.6 Å². The number of aryl methyl sites for hydroxylation is 1. The molecule has 1 aromatic heterocycles. The van der Waals surface area contributed by atoms with E-state index in [2.05, 4.69) is 15.3 Å². The number of nitrogens with one attached hydrogen (secondary N) is 1. The number of ether oxygens (including phenoxy) is 1. The Morgan fingerprint density at radius 3 is 2.71 bits per heavy atom. The van der Waals surface area contributed by atoms with Gasteiger partial charge in [-0.05, 0) is 24.1 Å². The van der Waals surface area contributed by atoms with Crippen LogP contribution in [0.3, 0.4) is 0 Å². The number of rotatable bonds is 4. The number of aromatic nitrogens is 2. The molecule has 0 unspecified atom stereocenters. The first-order valence-electron chi connectivity index (χ1n) is 6.20. The van der Waals surface area contributed by atoms with Gasteiger partial charge in [0, 0.05) is 5.69 Å². The third kappa shape index (κ3) is 3.46. The van der Waals surface area contributed by atoms with Gasteiger partial charge in [-0.25, -0.2) is 14.4 Å². The zero-order valence-corrected chi connectivity index (χ0v) is 12.2. The Kier molecular flexibility index (Phi) is 4.70. The standard InChI is InChI=1S/C14H13ClFN3O2/c1-3-8-4-9(5-10(15)13(8)16)19-14(20)11-6-18-12(21-2)7-17-11/h4-7H,3H2,1-2H3,(H,19,20). The number of carbonyl (C=O) groups excluding carboxylic acids is 1. The molecule has 1 amide bonds. The summed E-state index contributed by atoms with van der Waals surface area (Å²) in [6.45, 7) is 1.80. The van der Waals surface area contributed by atoms with E-state index in [0.717, 1.165) is 0 Å². The molecule has 2 rings (SSSR count).